The summed E-state index contributed by atoms with van der Waals surface area (Å²) in [4.78, 5) is 0. The molecule has 20 heavy (non-hydrogen) atoms. The lowest BCUT2D eigenvalue weighted by Crippen LogP contribution is -2.20. The number of hydrogen-bond acceptors (Lipinski definition) is 2. The highest BCUT2D eigenvalue weighted by Crippen LogP contribution is 2.21. The minimum atomic E-state index is -0.0342. The summed E-state index contributed by atoms with van der Waals surface area (Å²) in [7, 11) is 0. The first-order valence-electron chi connectivity index (χ1n) is 6.13. The van der Waals surface area contributed by atoms with Crippen molar-refractivity contribution in [2.45, 2.75) is 13.5 Å². The molecule has 0 unspecified atom stereocenters. The Hall–Kier alpha value is -1.62. The Balaban J connectivity index is 2.10. The zero-order valence-corrected chi connectivity index (χ0v) is 12.6. The minimum Gasteiger partial charge on any atom is -0.392 e. The van der Waals surface area contributed by atoms with Gasteiger partial charge in [0.1, 0.15) is 0 Å². The van der Waals surface area contributed by atoms with Crippen LogP contribution in [0.3, 0.4) is 0 Å². The van der Waals surface area contributed by atoms with Gasteiger partial charge in [0.05, 0.1) is 6.61 Å². The SMILES string of the molecule is Cc1cccc(CO)c1NC(=S)Nc1ccc(Cl)cc1. The Morgan fingerprint density at radius 3 is 2.50 bits per heavy atom. The van der Waals surface area contributed by atoms with Crippen LogP contribution in [-0.4, -0.2) is 10.2 Å². The van der Waals surface area contributed by atoms with E-state index in [1.165, 1.54) is 0 Å². The van der Waals surface area contributed by atoms with Crippen LogP contribution in [0.2, 0.25) is 5.02 Å². The minimum absolute atomic E-state index is 0.0342. The number of benzene rings is 2. The Morgan fingerprint density at radius 2 is 1.85 bits per heavy atom. The maximum absolute atomic E-state index is 9.36. The fourth-order valence-electron chi connectivity index (χ4n) is 1.85. The molecule has 0 saturated carbocycles. The average molecular weight is 307 g/mol. The number of nitrogens with one attached hydrogen (secondary N) is 2. The molecule has 2 rings (SSSR count). The number of aryl methyl sites for hydroxylation is 1. The summed E-state index contributed by atoms with van der Waals surface area (Å²) in [5, 5.41) is 16.7. The number of aliphatic hydroxyl groups is 1. The van der Waals surface area contributed by atoms with E-state index >= 15 is 0 Å². The monoisotopic (exact) mass is 306 g/mol. The molecular weight excluding hydrogens is 292 g/mol. The van der Waals surface area contributed by atoms with Gasteiger partial charge in [0.15, 0.2) is 5.11 Å². The fraction of sp³-hybridized carbons (Fsp3) is 0.133. The molecule has 104 valence electrons. The maximum atomic E-state index is 9.36. The molecule has 0 radical (unpaired) electrons. The Kier molecular flexibility index (Phi) is 4.95. The van der Waals surface area contributed by atoms with E-state index in [2.05, 4.69) is 10.6 Å². The average Bonchev–Trinajstić information content (AvgIpc) is 2.43. The van der Waals surface area contributed by atoms with Crippen LogP contribution in [0.5, 0.6) is 0 Å². The van der Waals surface area contributed by atoms with E-state index in [1.807, 2.05) is 37.3 Å². The van der Waals surface area contributed by atoms with Gasteiger partial charge in [-0.05, 0) is 49.0 Å². The topological polar surface area (TPSA) is 44.3 Å². The lowest BCUT2D eigenvalue weighted by Gasteiger charge is -2.15. The summed E-state index contributed by atoms with van der Waals surface area (Å²) in [6.45, 7) is 1.93. The predicted molar refractivity (Wildman–Crippen MR) is 88.4 cm³/mol. The second kappa shape index (κ2) is 6.70. The van der Waals surface area contributed by atoms with Crippen LogP contribution >= 0.6 is 23.8 Å². The van der Waals surface area contributed by atoms with Crippen molar-refractivity contribution < 1.29 is 5.11 Å². The third-order valence-electron chi connectivity index (χ3n) is 2.87. The van der Waals surface area contributed by atoms with Crippen LogP contribution in [0.1, 0.15) is 11.1 Å². The van der Waals surface area contributed by atoms with Crippen LogP contribution in [0.4, 0.5) is 11.4 Å². The van der Waals surface area contributed by atoms with Gasteiger partial charge in [-0.1, -0.05) is 29.8 Å². The molecule has 0 spiro atoms. The van der Waals surface area contributed by atoms with Crippen LogP contribution in [0.15, 0.2) is 42.5 Å². The first-order chi connectivity index (χ1) is 9.60. The normalized spacial score (nSPS) is 10.2. The molecule has 0 fully saturated rings. The van der Waals surface area contributed by atoms with E-state index in [0.717, 1.165) is 22.5 Å². The molecule has 2 aromatic carbocycles. The second-order valence-electron chi connectivity index (χ2n) is 4.35. The molecule has 3 N–H and O–H groups in total. The van der Waals surface area contributed by atoms with Crippen molar-refractivity contribution in [1.29, 1.82) is 0 Å². The molecule has 2 aromatic rings. The van der Waals surface area contributed by atoms with Gasteiger partial charge in [-0.3, -0.25) is 0 Å². The lowest BCUT2D eigenvalue weighted by atomic mass is 10.1. The first-order valence-corrected chi connectivity index (χ1v) is 6.91. The number of rotatable bonds is 3. The van der Waals surface area contributed by atoms with Gasteiger partial charge in [-0.15, -0.1) is 0 Å². The van der Waals surface area contributed by atoms with Gasteiger partial charge in [-0.2, -0.15) is 0 Å². The predicted octanol–water partition coefficient (Wildman–Crippen LogP) is 3.95. The quantitative estimate of drug-likeness (QED) is 0.751. The van der Waals surface area contributed by atoms with E-state index < -0.39 is 0 Å². The van der Waals surface area contributed by atoms with Crippen molar-refractivity contribution in [2.75, 3.05) is 10.6 Å². The fourth-order valence-corrected chi connectivity index (χ4v) is 2.19. The van der Waals surface area contributed by atoms with Crippen LogP contribution < -0.4 is 10.6 Å². The van der Waals surface area contributed by atoms with Crippen molar-refractivity contribution in [1.82, 2.24) is 0 Å². The number of halogens is 1. The van der Waals surface area contributed by atoms with Crippen LogP contribution in [0, 0.1) is 6.92 Å². The summed E-state index contributed by atoms with van der Waals surface area (Å²) in [5.41, 5.74) is 3.52. The number of thiocarbonyl (C=S) groups is 1. The molecule has 0 saturated heterocycles. The number of aliphatic hydroxyl groups excluding tert-OH is 1. The lowest BCUT2D eigenvalue weighted by molar-refractivity contribution is 0.282. The third kappa shape index (κ3) is 3.70. The van der Waals surface area contributed by atoms with Crippen LogP contribution in [0.25, 0.3) is 0 Å². The Bertz CT molecular complexity index is 614. The highest BCUT2D eigenvalue weighted by molar-refractivity contribution is 7.80. The summed E-state index contributed by atoms with van der Waals surface area (Å²) in [6.07, 6.45) is 0. The van der Waals surface area contributed by atoms with Gasteiger partial charge in [0.25, 0.3) is 0 Å². The summed E-state index contributed by atoms with van der Waals surface area (Å²) >= 11 is 11.1. The van der Waals surface area contributed by atoms with Gasteiger partial charge >= 0.3 is 0 Å². The van der Waals surface area contributed by atoms with E-state index in [9.17, 15) is 5.11 Å². The summed E-state index contributed by atoms with van der Waals surface area (Å²) < 4.78 is 0. The molecule has 0 aliphatic rings. The van der Waals surface area contributed by atoms with Crippen molar-refractivity contribution >= 4 is 40.3 Å². The Labute approximate surface area is 128 Å². The largest absolute Gasteiger partial charge is 0.392 e. The number of hydrogen-bond donors (Lipinski definition) is 3. The van der Waals surface area contributed by atoms with Crippen molar-refractivity contribution in [2.24, 2.45) is 0 Å². The van der Waals surface area contributed by atoms with Crippen LogP contribution in [-0.2, 0) is 6.61 Å². The van der Waals surface area contributed by atoms with E-state index in [4.69, 9.17) is 23.8 Å². The third-order valence-corrected chi connectivity index (χ3v) is 3.33. The van der Waals surface area contributed by atoms with Gasteiger partial charge in [-0.25, -0.2) is 0 Å². The van der Waals surface area contributed by atoms with Crippen molar-refractivity contribution in [3.63, 3.8) is 0 Å². The van der Waals surface area contributed by atoms with E-state index in [0.29, 0.717) is 10.1 Å². The van der Waals surface area contributed by atoms with Gasteiger partial charge < -0.3 is 15.7 Å². The maximum Gasteiger partial charge on any atom is 0.175 e. The highest BCUT2D eigenvalue weighted by atomic mass is 35.5. The standard InChI is InChI=1S/C15H15ClN2OS/c1-10-3-2-4-11(9-19)14(10)18-15(20)17-13-7-5-12(16)6-8-13/h2-8,19H,9H2,1H3,(H2,17,18,20). The van der Waals surface area contributed by atoms with Gasteiger partial charge in [0, 0.05) is 22.0 Å². The van der Waals surface area contributed by atoms with E-state index in [1.54, 1.807) is 12.1 Å². The molecule has 3 nitrogen and oxygen atoms in total. The smallest absolute Gasteiger partial charge is 0.175 e. The zero-order chi connectivity index (χ0) is 14.5. The molecule has 5 heteroatoms. The number of anilines is 2. The van der Waals surface area contributed by atoms with Crippen molar-refractivity contribution in [3.05, 3.63) is 58.6 Å². The zero-order valence-electron chi connectivity index (χ0n) is 11.0. The molecule has 0 aliphatic carbocycles. The summed E-state index contributed by atoms with van der Waals surface area (Å²) in [5.74, 6) is 0. The number of para-hydroxylation sites is 1. The first kappa shape index (κ1) is 14.8. The molecular formula is C15H15ClN2OS. The molecule has 0 aliphatic heterocycles. The second-order valence-corrected chi connectivity index (χ2v) is 5.20. The molecule has 0 atom stereocenters. The molecule has 0 amide bonds. The highest BCUT2D eigenvalue weighted by Gasteiger charge is 2.06. The molecule has 0 aromatic heterocycles. The van der Waals surface area contributed by atoms with E-state index in [-0.39, 0.29) is 6.61 Å². The van der Waals surface area contributed by atoms with Crippen molar-refractivity contribution in [3.8, 4) is 0 Å². The Morgan fingerprint density at radius 1 is 1.15 bits per heavy atom. The molecule has 0 bridgehead atoms. The summed E-state index contributed by atoms with van der Waals surface area (Å²) in [6, 6.07) is 13.0. The van der Waals surface area contributed by atoms with Gasteiger partial charge in [0.2, 0.25) is 0 Å². The molecule has 0 heterocycles.